The summed E-state index contributed by atoms with van der Waals surface area (Å²) in [6.45, 7) is 1.95. The van der Waals surface area contributed by atoms with Gasteiger partial charge in [-0.2, -0.15) is 5.10 Å². The minimum atomic E-state index is -0.808. The summed E-state index contributed by atoms with van der Waals surface area (Å²) in [6.07, 6.45) is 6.01. The van der Waals surface area contributed by atoms with Gasteiger partial charge in [0.15, 0.2) is 10.8 Å². The first kappa shape index (κ1) is 14.4. The minimum Gasteiger partial charge on any atom is -0.481 e. The number of aliphatic carboxylic acids is 1. The Morgan fingerprint density at radius 3 is 2.76 bits per heavy atom. The van der Waals surface area contributed by atoms with E-state index in [-0.39, 0.29) is 5.75 Å². The Morgan fingerprint density at radius 1 is 1.38 bits per heavy atom. The first-order valence-electron chi connectivity index (χ1n) is 7.34. The molecule has 114 valence electrons. The molecule has 2 aromatic heterocycles. The fraction of sp³-hybridized carbons (Fsp3) is 0.643. The Labute approximate surface area is 127 Å². The van der Waals surface area contributed by atoms with Crippen LogP contribution in [-0.4, -0.2) is 36.2 Å². The van der Waals surface area contributed by atoms with Gasteiger partial charge in [-0.25, -0.2) is 4.98 Å². The summed E-state index contributed by atoms with van der Waals surface area (Å²) in [4.78, 5) is 15.5. The normalized spacial score (nSPS) is 16.7. The van der Waals surface area contributed by atoms with Crippen LogP contribution in [0.3, 0.4) is 0 Å². The van der Waals surface area contributed by atoms with Crippen LogP contribution in [-0.2, 0) is 11.8 Å². The molecule has 0 radical (unpaired) electrons. The van der Waals surface area contributed by atoms with E-state index < -0.39 is 5.97 Å². The number of carboxylic acid groups (broad SMARTS) is 1. The first-order valence-corrected chi connectivity index (χ1v) is 8.32. The van der Waals surface area contributed by atoms with Crippen LogP contribution in [0.5, 0.6) is 0 Å². The Kier molecular flexibility index (Phi) is 3.93. The monoisotopic (exact) mass is 308 g/mol. The second-order valence-electron chi connectivity index (χ2n) is 5.62. The standard InChI is InChI=1S/C14H20N4O2S/c1-9-12-13(17(2)16-9)18(10-6-4-3-5-7-10)14(15-12)21-8-11(19)20/h10H,3-8H2,1-2H3,(H,19,20). The van der Waals surface area contributed by atoms with Crippen LogP contribution in [0.2, 0.25) is 0 Å². The molecule has 0 unspecified atom stereocenters. The molecular weight excluding hydrogens is 288 g/mol. The Morgan fingerprint density at radius 2 is 2.10 bits per heavy atom. The lowest BCUT2D eigenvalue weighted by Gasteiger charge is -2.25. The lowest BCUT2D eigenvalue weighted by Crippen LogP contribution is -2.16. The van der Waals surface area contributed by atoms with E-state index in [1.54, 1.807) is 0 Å². The lowest BCUT2D eigenvalue weighted by molar-refractivity contribution is -0.133. The van der Waals surface area contributed by atoms with E-state index in [0.29, 0.717) is 6.04 Å². The summed E-state index contributed by atoms with van der Waals surface area (Å²) in [5.74, 6) is -0.764. The molecule has 1 saturated carbocycles. The van der Waals surface area contributed by atoms with E-state index in [2.05, 4.69) is 14.6 Å². The molecule has 1 N–H and O–H groups in total. The Balaban J connectivity index is 2.07. The number of fused-ring (bicyclic) bond motifs is 1. The van der Waals surface area contributed by atoms with Gasteiger partial charge >= 0.3 is 5.97 Å². The fourth-order valence-corrected chi connectivity index (χ4v) is 3.96. The third-order valence-corrected chi connectivity index (χ3v) is 5.00. The molecule has 0 aromatic carbocycles. The Hall–Kier alpha value is -1.50. The van der Waals surface area contributed by atoms with E-state index >= 15 is 0 Å². The molecule has 6 nitrogen and oxygen atoms in total. The summed E-state index contributed by atoms with van der Waals surface area (Å²) >= 11 is 1.31. The van der Waals surface area contributed by atoms with Gasteiger partial charge in [0.2, 0.25) is 0 Å². The van der Waals surface area contributed by atoms with Crippen molar-refractivity contribution in [2.24, 2.45) is 7.05 Å². The average Bonchev–Trinajstić information content (AvgIpc) is 2.96. The van der Waals surface area contributed by atoms with Crippen molar-refractivity contribution >= 4 is 28.9 Å². The van der Waals surface area contributed by atoms with E-state index in [9.17, 15) is 4.79 Å². The molecular formula is C14H20N4O2S. The van der Waals surface area contributed by atoms with Crippen molar-refractivity contribution in [3.05, 3.63) is 5.69 Å². The molecule has 2 heterocycles. The molecule has 0 amide bonds. The topological polar surface area (TPSA) is 72.9 Å². The van der Waals surface area contributed by atoms with Crippen LogP contribution in [0, 0.1) is 6.92 Å². The van der Waals surface area contributed by atoms with Crippen molar-refractivity contribution in [3.8, 4) is 0 Å². The van der Waals surface area contributed by atoms with Crippen molar-refractivity contribution in [2.75, 3.05) is 5.75 Å². The predicted molar refractivity (Wildman–Crippen MR) is 81.7 cm³/mol. The number of thioether (sulfide) groups is 1. The molecule has 21 heavy (non-hydrogen) atoms. The molecule has 1 aliphatic rings. The largest absolute Gasteiger partial charge is 0.481 e. The van der Waals surface area contributed by atoms with Gasteiger partial charge in [0.05, 0.1) is 11.4 Å². The predicted octanol–water partition coefficient (Wildman–Crippen LogP) is 2.76. The molecule has 0 spiro atoms. The van der Waals surface area contributed by atoms with Crippen LogP contribution in [0.4, 0.5) is 0 Å². The number of aryl methyl sites for hydroxylation is 2. The van der Waals surface area contributed by atoms with Gasteiger partial charge in [-0.3, -0.25) is 9.48 Å². The van der Waals surface area contributed by atoms with Crippen molar-refractivity contribution in [3.63, 3.8) is 0 Å². The highest BCUT2D eigenvalue weighted by Gasteiger charge is 2.25. The fourth-order valence-electron chi connectivity index (χ4n) is 3.17. The summed E-state index contributed by atoms with van der Waals surface area (Å²) in [7, 11) is 1.93. The summed E-state index contributed by atoms with van der Waals surface area (Å²) < 4.78 is 4.10. The maximum Gasteiger partial charge on any atom is 0.313 e. The molecule has 1 aliphatic carbocycles. The molecule has 0 saturated heterocycles. The van der Waals surface area contributed by atoms with Gasteiger partial charge in [-0.1, -0.05) is 31.0 Å². The molecule has 0 aliphatic heterocycles. The van der Waals surface area contributed by atoms with Gasteiger partial charge in [0.25, 0.3) is 0 Å². The zero-order valence-corrected chi connectivity index (χ0v) is 13.2. The van der Waals surface area contributed by atoms with Crippen molar-refractivity contribution < 1.29 is 9.90 Å². The van der Waals surface area contributed by atoms with Crippen LogP contribution >= 0.6 is 11.8 Å². The second kappa shape index (κ2) is 5.71. The van der Waals surface area contributed by atoms with E-state index in [1.807, 2.05) is 18.7 Å². The number of hydrogen-bond acceptors (Lipinski definition) is 4. The summed E-state index contributed by atoms with van der Waals surface area (Å²) in [6, 6.07) is 0.412. The van der Waals surface area contributed by atoms with Gasteiger partial charge in [-0.15, -0.1) is 0 Å². The van der Waals surface area contributed by atoms with Crippen molar-refractivity contribution in [1.82, 2.24) is 19.3 Å². The SMILES string of the molecule is Cc1nn(C)c2c1nc(SCC(=O)O)n2C1CCCCC1. The number of aromatic nitrogens is 4. The molecule has 0 atom stereocenters. The number of carbonyl (C=O) groups is 1. The maximum absolute atomic E-state index is 10.9. The second-order valence-corrected chi connectivity index (χ2v) is 6.56. The number of nitrogens with zero attached hydrogens (tertiary/aromatic N) is 4. The molecule has 1 fully saturated rings. The van der Waals surface area contributed by atoms with Crippen LogP contribution < -0.4 is 0 Å². The number of imidazole rings is 1. The van der Waals surface area contributed by atoms with Crippen LogP contribution in [0.25, 0.3) is 11.2 Å². The zero-order valence-electron chi connectivity index (χ0n) is 12.4. The third kappa shape index (κ3) is 2.66. The average molecular weight is 308 g/mol. The van der Waals surface area contributed by atoms with E-state index in [0.717, 1.165) is 34.9 Å². The minimum absolute atomic E-state index is 0.0442. The van der Waals surface area contributed by atoms with Crippen molar-refractivity contribution in [2.45, 2.75) is 50.2 Å². The van der Waals surface area contributed by atoms with Crippen molar-refractivity contribution in [1.29, 1.82) is 0 Å². The van der Waals surface area contributed by atoms with Crippen LogP contribution in [0.15, 0.2) is 5.16 Å². The highest BCUT2D eigenvalue weighted by atomic mass is 32.2. The summed E-state index contributed by atoms with van der Waals surface area (Å²) in [5.41, 5.74) is 2.82. The highest BCUT2D eigenvalue weighted by Crippen LogP contribution is 2.36. The van der Waals surface area contributed by atoms with Gasteiger partial charge in [-0.05, 0) is 19.8 Å². The van der Waals surface area contributed by atoms with E-state index in [4.69, 9.17) is 5.11 Å². The lowest BCUT2D eigenvalue weighted by atomic mass is 9.95. The van der Waals surface area contributed by atoms with Gasteiger partial charge < -0.3 is 9.67 Å². The number of carboxylic acids is 1. The van der Waals surface area contributed by atoms with Gasteiger partial charge in [0, 0.05) is 13.1 Å². The van der Waals surface area contributed by atoms with E-state index in [1.165, 1.54) is 31.0 Å². The van der Waals surface area contributed by atoms with Gasteiger partial charge in [0.1, 0.15) is 5.52 Å². The molecule has 0 bridgehead atoms. The zero-order chi connectivity index (χ0) is 15.0. The molecule has 2 aromatic rings. The Bertz CT molecular complexity index is 670. The van der Waals surface area contributed by atoms with Crippen LogP contribution in [0.1, 0.15) is 43.8 Å². The first-order chi connectivity index (χ1) is 10.1. The number of rotatable bonds is 4. The number of hydrogen-bond donors (Lipinski definition) is 1. The maximum atomic E-state index is 10.9. The molecule has 3 rings (SSSR count). The quantitative estimate of drug-likeness (QED) is 0.879. The third-order valence-electron chi connectivity index (χ3n) is 4.07. The smallest absolute Gasteiger partial charge is 0.313 e. The highest BCUT2D eigenvalue weighted by molar-refractivity contribution is 7.99. The molecule has 7 heteroatoms. The summed E-state index contributed by atoms with van der Waals surface area (Å²) in [5, 5.41) is 14.2.